The second-order valence-electron chi connectivity index (χ2n) is 6.03. The first-order valence-corrected chi connectivity index (χ1v) is 8.68. The number of nitriles is 1. The number of nitrogens with one attached hydrogen (secondary N) is 1. The van der Waals surface area contributed by atoms with Gasteiger partial charge in [0, 0.05) is 5.56 Å². The molecule has 1 aromatic carbocycles. The zero-order valence-corrected chi connectivity index (χ0v) is 15.4. The minimum atomic E-state index is -0.273. The van der Waals surface area contributed by atoms with Gasteiger partial charge in [-0.25, -0.2) is 4.98 Å². The number of carbonyl (C=O) groups is 1. The van der Waals surface area contributed by atoms with Gasteiger partial charge >= 0.3 is 0 Å². The van der Waals surface area contributed by atoms with Gasteiger partial charge in [-0.05, 0) is 52.0 Å². The van der Waals surface area contributed by atoms with Gasteiger partial charge in [0.05, 0.1) is 17.7 Å². The van der Waals surface area contributed by atoms with Crippen LogP contribution in [0.15, 0.2) is 47.1 Å². The number of nitrogens with zero attached hydrogens (tertiary/aromatic N) is 2. The Bertz CT molecular complexity index is 752. The maximum Gasteiger partial charge on any atom is 0.228 e. The van der Waals surface area contributed by atoms with Crippen molar-refractivity contribution in [3.05, 3.63) is 52.6 Å². The summed E-state index contributed by atoms with van der Waals surface area (Å²) in [6.45, 7) is 4.20. The highest BCUT2D eigenvalue weighted by atomic mass is 79.9. The molecule has 0 fully saturated rings. The summed E-state index contributed by atoms with van der Waals surface area (Å²) in [5.74, 6) is -0.00876. The second-order valence-corrected chi connectivity index (χ2v) is 6.84. The fraction of sp³-hybridized carbons (Fsp3) is 0.316. The molecule has 0 spiro atoms. The summed E-state index contributed by atoms with van der Waals surface area (Å²) in [7, 11) is 0. The SMILES string of the molecule is CC(C)CC(C(=O)NCC#N)c1cccc(-c2cccc(Br)n2)c1. The zero-order chi connectivity index (χ0) is 17.5. The normalized spacial score (nSPS) is 11.8. The van der Waals surface area contributed by atoms with Crippen LogP contribution in [0.4, 0.5) is 0 Å². The molecule has 4 nitrogen and oxygen atoms in total. The van der Waals surface area contributed by atoms with E-state index in [1.54, 1.807) is 0 Å². The lowest BCUT2D eigenvalue weighted by Gasteiger charge is -2.19. The van der Waals surface area contributed by atoms with Crippen LogP contribution in [0.5, 0.6) is 0 Å². The molecule has 0 aliphatic carbocycles. The van der Waals surface area contributed by atoms with Gasteiger partial charge in [0.15, 0.2) is 0 Å². The molecule has 24 heavy (non-hydrogen) atoms. The van der Waals surface area contributed by atoms with Crippen molar-refractivity contribution in [2.75, 3.05) is 6.54 Å². The lowest BCUT2D eigenvalue weighted by atomic mass is 9.88. The molecule has 2 aromatic rings. The molecule has 1 heterocycles. The van der Waals surface area contributed by atoms with Gasteiger partial charge in [0.2, 0.25) is 5.91 Å². The average Bonchev–Trinajstić information content (AvgIpc) is 2.57. The third-order valence-corrected chi connectivity index (χ3v) is 4.11. The van der Waals surface area contributed by atoms with Crippen molar-refractivity contribution in [1.29, 1.82) is 5.26 Å². The summed E-state index contributed by atoms with van der Waals surface area (Å²) in [6, 6.07) is 15.6. The first kappa shape index (κ1) is 18.2. The van der Waals surface area contributed by atoms with Crippen molar-refractivity contribution in [3.8, 4) is 17.3 Å². The monoisotopic (exact) mass is 385 g/mol. The standard InChI is InChI=1S/C19H20BrN3O/c1-13(2)11-16(19(24)22-10-9-21)14-5-3-6-15(12-14)17-7-4-8-18(20)23-17/h3-8,12-13,16H,10-11H2,1-2H3,(H,22,24). The predicted molar refractivity (Wildman–Crippen MR) is 98.2 cm³/mol. The van der Waals surface area contributed by atoms with E-state index in [4.69, 9.17) is 5.26 Å². The smallest absolute Gasteiger partial charge is 0.228 e. The van der Waals surface area contributed by atoms with E-state index in [1.807, 2.05) is 48.5 Å². The molecule has 1 aromatic heterocycles. The quantitative estimate of drug-likeness (QED) is 0.595. The number of halogens is 1. The summed E-state index contributed by atoms with van der Waals surface area (Å²) in [4.78, 5) is 16.9. The largest absolute Gasteiger partial charge is 0.342 e. The summed E-state index contributed by atoms with van der Waals surface area (Å²) >= 11 is 3.39. The molecule has 0 radical (unpaired) electrons. The number of hydrogen-bond donors (Lipinski definition) is 1. The van der Waals surface area contributed by atoms with Crippen LogP contribution in [0.2, 0.25) is 0 Å². The van der Waals surface area contributed by atoms with Crippen molar-refractivity contribution in [2.24, 2.45) is 5.92 Å². The third kappa shape index (κ3) is 4.90. The van der Waals surface area contributed by atoms with Crippen LogP contribution in [0, 0.1) is 17.2 Å². The Morgan fingerprint density at radius 3 is 2.71 bits per heavy atom. The van der Waals surface area contributed by atoms with Crippen LogP contribution in [0.3, 0.4) is 0 Å². The highest BCUT2D eigenvalue weighted by Gasteiger charge is 2.22. The first-order chi connectivity index (χ1) is 11.5. The Kier molecular flexibility index (Phi) is 6.51. The lowest BCUT2D eigenvalue weighted by molar-refractivity contribution is -0.122. The number of amides is 1. The molecule has 1 amide bonds. The summed E-state index contributed by atoms with van der Waals surface area (Å²) < 4.78 is 0.774. The van der Waals surface area contributed by atoms with E-state index >= 15 is 0 Å². The second kappa shape index (κ2) is 8.60. The number of aromatic nitrogens is 1. The molecular formula is C19H20BrN3O. The molecule has 0 saturated heterocycles. The molecule has 1 atom stereocenters. The Morgan fingerprint density at radius 1 is 1.29 bits per heavy atom. The minimum absolute atomic E-state index is 0.0281. The highest BCUT2D eigenvalue weighted by molar-refractivity contribution is 9.10. The Labute approximate surface area is 151 Å². The Balaban J connectivity index is 2.34. The van der Waals surface area contributed by atoms with Gasteiger partial charge in [0.25, 0.3) is 0 Å². The summed E-state index contributed by atoms with van der Waals surface area (Å²) in [5.41, 5.74) is 2.76. The van der Waals surface area contributed by atoms with Gasteiger partial charge in [-0.2, -0.15) is 5.26 Å². The number of rotatable bonds is 6. The summed E-state index contributed by atoms with van der Waals surface area (Å²) in [6.07, 6.45) is 0.729. The molecule has 1 N–H and O–H groups in total. The summed E-state index contributed by atoms with van der Waals surface area (Å²) in [5, 5.41) is 11.4. The number of hydrogen-bond acceptors (Lipinski definition) is 3. The fourth-order valence-electron chi connectivity index (χ4n) is 2.60. The molecule has 0 aliphatic rings. The Morgan fingerprint density at radius 2 is 2.04 bits per heavy atom. The van der Waals surface area contributed by atoms with E-state index in [9.17, 15) is 4.79 Å². The highest BCUT2D eigenvalue weighted by Crippen LogP contribution is 2.28. The predicted octanol–water partition coefficient (Wildman–Crippen LogP) is 4.28. The number of benzene rings is 1. The van der Waals surface area contributed by atoms with Crippen LogP contribution in [-0.4, -0.2) is 17.4 Å². The minimum Gasteiger partial charge on any atom is -0.342 e. The molecule has 0 saturated carbocycles. The van der Waals surface area contributed by atoms with Crippen molar-refractivity contribution in [3.63, 3.8) is 0 Å². The van der Waals surface area contributed by atoms with Crippen LogP contribution < -0.4 is 5.32 Å². The van der Waals surface area contributed by atoms with Crippen LogP contribution in [0.25, 0.3) is 11.3 Å². The topological polar surface area (TPSA) is 65.8 Å². The Hall–Kier alpha value is -2.19. The maximum atomic E-state index is 12.5. The van der Waals surface area contributed by atoms with Gasteiger partial charge in [0.1, 0.15) is 11.1 Å². The van der Waals surface area contributed by atoms with Crippen molar-refractivity contribution < 1.29 is 4.79 Å². The fourth-order valence-corrected chi connectivity index (χ4v) is 2.94. The molecule has 124 valence electrons. The van der Waals surface area contributed by atoms with Gasteiger partial charge < -0.3 is 5.32 Å². The molecule has 2 rings (SSSR count). The van der Waals surface area contributed by atoms with E-state index in [2.05, 4.69) is 40.1 Å². The van der Waals surface area contributed by atoms with Crippen molar-refractivity contribution in [1.82, 2.24) is 10.3 Å². The number of pyridine rings is 1. The van der Waals surface area contributed by atoms with Crippen LogP contribution in [-0.2, 0) is 4.79 Å². The molecule has 5 heteroatoms. The van der Waals surface area contributed by atoms with Gasteiger partial charge in [-0.15, -0.1) is 0 Å². The van der Waals surface area contributed by atoms with E-state index in [1.165, 1.54) is 0 Å². The molecule has 0 aliphatic heterocycles. The van der Waals surface area contributed by atoms with Crippen LogP contribution in [0.1, 0.15) is 31.7 Å². The molecule has 1 unspecified atom stereocenters. The van der Waals surface area contributed by atoms with Gasteiger partial charge in [-0.3, -0.25) is 4.79 Å². The van der Waals surface area contributed by atoms with E-state index in [0.717, 1.165) is 27.8 Å². The molecule has 0 bridgehead atoms. The number of carbonyl (C=O) groups excluding carboxylic acids is 1. The van der Waals surface area contributed by atoms with E-state index < -0.39 is 0 Å². The maximum absolute atomic E-state index is 12.5. The third-order valence-electron chi connectivity index (χ3n) is 3.67. The zero-order valence-electron chi connectivity index (χ0n) is 13.8. The first-order valence-electron chi connectivity index (χ1n) is 7.88. The molecular weight excluding hydrogens is 366 g/mol. The van der Waals surface area contributed by atoms with E-state index in [-0.39, 0.29) is 18.4 Å². The van der Waals surface area contributed by atoms with Crippen molar-refractivity contribution >= 4 is 21.8 Å². The van der Waals surface area contributed by atoms with Crippen molar-refractivity contribution in [2.45, 2.75) is 26.2 Å². The lowest BCUT2D eigenvalue weighted by Crippen LogP contribution is -2.30. The average molecular weight is 386 g/mol. The van der Waals surface area contributed by atoms with Gasteiger partial charge in [-0.1, -0.05) is 38.1 Å². The van der Waals surface area contributed by atoms with Crippen LogP contribution >= 0.6 is 15.9 Å². The van der Waals surface area contributed by atoms with E-state index in [0.29, 0.717) is 5.92 Å².